The molecule has 0 fully saturated rings. The van der Waals surface area contributed by atoms with Crippen LogP contribution in [0.1, 0.15) is 47.7 Å². The van der Waals surface area contributed by atoms with Gasteiger partial charge in [-0.1, -0.05) is 0 Å². The number of nitrogens with one attached hydrogen (secondary N) is 2. The first-order valence-electron chi connectivity index (χ1n) is 7.28. The van der Waals surface area contributed by atoms with E-state index in [0.717, 1.165) is 6.42 Å². The number of benzene rings is 1. The Labute approximate surface area is 140 Å². The highest BCUT2D eigenvalue weighted by atomic mass is 19.4. The summed E-state index contributed by atoms with van der Waals surface area (Å²) in [5.41, 5.74) is 0.751. The van der Waals surface area contributed by atoms with Gasteiger partial charge in [-0.3, -0.25) is 10.2 Å². The van der Waals surface area contributed by atoms with Gasteiger partial charge in [-0.15, -0.1) is 11.8 Å². The molecule has 0 saturated carbocycles. The van der Waals surface area contributed by atoms with Crippen molar-refractivity contribution in [1.29, 1.82) is 0 Å². The summed E-state index contributed by atoms with van der Waals surface area (Å²) in [5.74, 6) is 4.47. The summed E-state index contributed by atoms with van der Waals surface area (Å²) in [5, 5.41) is 0. The lowest BCUT2D eigenvalue weighted by Crippen LogP contribution is -2.38. The molecule has 0 heterocycles. The smallest absolute Gasteiger partial charge is 0.287 e. The van der Waals surface area contributed by atoms with E-state index in [1.54, 1.807) is 6.92 Å². The molecule has 1 rings (SSSR count). The Morgan fingerprint density at radius 1 is 1.00 bits per heavy atom. The molecule has 3 nitrogen and oxygen atoms in total. The molecule has 1 aromatic carbocycles. The third-order valence-electron chi connectivity index (χ3n) is 3.08. The van der Waals surface area contributed by atoms with Crippen LogP contribution in [0.25, 0.3) is 0 Å². The molecular formula is C16H16F6N2O. The molecule has 0 aromatic heterocycles. The van der Waals surface area contributed by atoms with E-state index in [1.165, 1.54) is 0 Å². The highest BCUT2D eigenvalue weighted by molar-refractivity contribution is 5.94. The lowest BCUT2D eigenvalue weighted by Gasteiger charge is -2.14. The van der Waals surface area contributed by atoms with Crippen LogP contribution < -0.4 is 10.9 Å². The van der Waals surface area contributed by atoms with Crippen LogP contribution >= 0.6 is 0 Å². The van der Waals surface area contributed by atoms with Crippen molar-refractivity contribution in [2.75, 3.05) is 6.54 Å². The van der Waals surface area contributed by atoms with Gasteiger partial charge >= 0.3 is 12.4 Å². The first kappa shape index (κ1) is 20.8. The van der Waals surface area contributed by atoms with Gasteiger partial charge < -0.3 is 0 Å². The third-order valence-corrected chi connectivity index (χ3v) is 3.08. The Morgan fingerprint density at radius 3 is 2.04 bits per heavy atom. The van der Waals surface area contributed by atoms with Crippen LogP contribution in [0.2, 0.25) is 0 Å². The van der Waals surface area contributed by atoms with Gasteiger partial charge in [-0.2, -0.15) is 26.3 Å². The molecule has 0 aliphatic rings. The molecule has 0 radical (unpaired) electrons. The van der Waals surface area contributed by atoms with Crippen molar-refractivity contribution in [2.24, 2.45) is 0 Å². The Hall–Kier alpha value is -2.21. The Kier molecular flexibility index (Phi) is 7.30. The number of halogens is 6. The van der Waals surface area contributed by atoms with E-state index >= 15 is 0 Å². The minimum Gasteiger partial charge on any atom is -0.287 e. The fourth-order valence-corrected chi connectivity index (χ4v) is 1.85. The Balaban J connectivity index is 2.78. The van der Waals surface area contributed by atoms with Gasteiger partial charge in [0.1, 0.15) is 0 Å². The molecule has 1 aromatic rings. The van der Waals surface area contributed by atoms with Crippen molar-refractivity contribution in [3.63, 3.8) is 0 Å². The molecule has 9 heteroatoms. The van der Waals surface area contributed by atoms with E-state index in [-0.39, 0.29) is 6.07 Å². The third kappa shape index (κ3) is 7.05. The van der Waals surface area contributed by atoms with Gasteiger partial charge in [0.15, 0.2) is 0 Å². The first-order chi connectivity index (χ1) is 11.6. The highest BCUT2D eigenvalue weighted by Gasteiger charge is 2.37. The van der Waals surface area contributed by atoms with Crippen LogP contribution in [0.15, 0.2) is 18.2 Å². The van der Waals surface area contributed by atoms with Crippen molar-refractivity contribution in [3.8, 4) is 11.8 Å². The zero-order valence-electron chi connectivity index (χ0n) is 13.2. The normalized spacial score (nSPS) is 11.6. The summed E-state index contributed by atoms with van der Waals surface area (Å²) in [4.78, 5) is 11.8. The number of hydrogen-bond donors (Lipinski definition) is 2. The van der Waals surface area contributed by atoms with Crippen LogP contribution in [0.3, 0.4) is 0 Å². The predicted octanol–water partition coefficient (Wildman–Crippen LogP) is 4.15. The van der Waals surface area contributed by atoms with E-state index in [2.05, 4.69) is 22.7 Å². The number of carbonyl (C=O) groups is 1. The Bertz CT molecular complexity index is 623. The van der Waals surface area contributed by atoms with E-state index < -0.39 is 35.0 Å². The summed E-state index contributed by atoms with van der Waals surface area (Å²) in [6, 6.07) is 0.727. The van der Waals surface area contributed by atoms with E-state index in [0.29, 0.717) is 31.5 Å². The summed E-state index contributed by atoms with van der Waals surface area (Å²) >= 11 is 0. The maximum absolute atomic E-state index is 12.7. The number of amides is 1. The van der Waals surface area contributed by atoms with Crippen LogP contribution in [0, 0.1) is 11.8 Å². The molecule has 1 amide bonds. The van der Waals surface area contributed by atoms with Crippen LogP contribution in [0.5, 0.6) is 0 Å². The standard InChI is InChI=1S/C16H16F6N2O/c1-2-3-4-5-6-7-23-24-14(25)11-8-12(15(17,18)19)10-13(9-11)16(20,21)22/h8-10,23H,4-7H2,1H3,(H,24,25). The zero-order chi connectivity index (χ0) is 19.1. The monoisotopic (exact) mass is 366 g/mol. The van der Waals surface area contributed by atoms with Crippen LogP contribution in [0.4, 0.5) is 26.3 Å². The topological polar surface area (TPSA) is 41.1 Å². The van der Waals surface area contributed by atoms with Gasteiger partial charge in [0.05, 0.1) is 11.1 Å². The minimum absolute atomic E-state index is 0.0288. The molecule has 0 atom stereocenters. The average molecular weight is 366 g/mol. The second-order valence-corrected chi connectivity index (χ2v) is 5.06. The lowest BCUT2D eigenvalue weighted by atomic mass is 10.0. The first-order valence-corrected chi connectivity index (χ1v) is 7.28. The molecule has 138 valence electrons. The van der Waals surface area contributed by atoms with E-state index in [9.17, 15) is 31.1 Å². The summed E-state index contributed by atoms with van der Waals surface area (Å²) in [6.45, 7) is 2.00. The van der Waals surface area contributed by atoms with Gasteiger partial charge in [-0.25, -0.2) is 5.43 Å². The molecular weight excluding hydrogens is 350 g/mol. The Morgan fingerprint density at radius 2 is 1.56 bits per heavy atom. The van der Waals surface area contributed by atoms with Gasteiger partial charge in [0.25, 0.3) is 5.91 Å². The number of hydrazine groups is 1. The number of unbranched alkanes of at least 4 members (excludes halogenated alkanes) is 2. The maximum atomic E-state index is 12.7. The quantitative estimate of drug-likeness (QED) is 0.344. The van der Waals surface area contributed by atoms with Crippen LogP contribution in [-0.4, -0.2) is 12.5 Å². The van der Waals surface area contributed by atoms with Crippen molar-refractivity contribution < 1.29 is 31.1 Å². The van der Waals surface area contributed by atoms with Crippen molar-refractivity contribution >= 4 is 5.91 Å². The fraction of sp³-hybridized carbons (Fsp3) is 0.438. The zero-order valence-corrected chi connectivity index (χ0v) is 13.2. The summed E-state index contributed by atoms with van der Waals surface area (Å²) < 4.78 is 76.4. The molecule has 2 N–H and O–H groups in total. The van der Waals surface area contributed by atoms with E-state index in [4.69, 9.17) is 0 Å². The molecule has 25 heavy (non-hydrogen) atoms. The summed E-state index contributed by atoms with van der Waals surface area (Å²) in [6.07, 6.45) is -7.96. The van der Waals surface area contributed by atoms with Gasteiger partial charge in [-0.05, 0) is 38.0 Å². The number of alkyl halides is 6. The van der Waals surface area contributed by atoms with Crippen molar-refractivity contribution in [3.05, 3.63) is 34.9 Å². The molecule has 0 bridgehead atoms. The second kappa shape index (κ2) is 8.76. The molecule has 0 aliphatic carbocycles. The summed E-state index contributed by atoms with van der Waals surface area (Å²) in [7, 11) is 0. The fourth-order valence-electron chi connectivity index (χ4n) is 1.85. The van der Waals surface area contributed by atoms with Gasteiger partial charge in [0.2, 0.25) is 0 Å². The minimum atomic E-state index is -5.00. The second-order valence-electron chi connectivity index (χ2n) is 5.06. The number of rotatable bonds is 6. The SMILES string of the molecule is CC#CCCCCNNC(=O)c1cc(C(F)(F)F)cc(C(F)(F)F)c1. The van der Waals surface area contributed by atoms with Gasteiger partial charge in [0, 0.05) is 18.5 Å². The maximum Gasteiger partial charge on any atom is 0.416 e. The van der Waals surface area contributed by atoms with E-state index in [1.807, 2.05) is 0 Å². The number of carbonyl (C=O) groups excluding carboxylic acids is 1. The number of hydrogen-bond acceptors (Lipinski definition) is 2. The highest BCUT2D eigenvalue weighted by Crippen LogP contribution is 2.36. The van der Waals surface area contributed by atoms with Crippen molar-refractivity contribution in [2.45, 2.75) is 38.5 Å². The molecule has 0 aliphatic heterocycles. The molecule has 0 saturated heterocycles. The van der Waals surface area contributed by atoms with Crippen molar-refractivity contribution in [1.82, 2.24) is 10.9 Å². The molecule has 0 unspecified atom stereocenters. The predicted molar refractivity (Wildman–Crippen MR) is 79.2 cm³/mol. The van der Waals surface area contributed by atoms with Crippen LogP contribution in [-0.2, 0) is 12.4 Å². The largest absolute Gasteiger partial charge is 0.416 e. The average Bonchev–Trinajstić information content (AvgIpc) is 2.51. The lowest BCUT2D eigenvalue weighted by molar-refractivity contribution is -0.143. The molecule has 0 spiro atoms.